The summed E-state index contributed by atoms with van der Waals surface area (Å²) in [5.41, 5.74) is 15.1. The van der Waals surface area contributed by atoms with Gasteiger partial charge >= 0.3 is 5.69 Å². The van der Waals surface area contributed by atoms with Gasteiger partial charge < -0.3 is 21.8 Å². The summed E-state index contributed by atoms with van der Waals surface area (Å²) in [5.74, 6) is 1.55. The summed E-state index contributed by atoms with van der Waals surface area (Å²) in [7, 11) is 0. The van der Waals surface area contributed by atoms with Gasteiger partial charge in [0, 0.05) is 47.7 Å². The first-order valence-electron chi connectivity index (χ1n) is 15.3. The number of benzene rings is 1. The molecule has 3 aromatic rings. The van der Waals surface area contributed by atoms with Crippen molar-refractivity contribution >= 4 is 28.0 Å². The van der Waals surface area contributed by atoms with Crippen molar-refractivity contribution in [3.05, 3.63) is 58.3 Å². The standard InChI is InChI=1S/C31H46N8OS/c1-3-21-16-28(38(18-21)14-5-6-20(2)32)27-17-23-19-39(31(40)37-29(23)36-27)25-11-9-22(10-12-25)26-8-4-7-24(35-26)13-15-41-30(33)34/h9-12,17,19-21,24,26,28,35H,3-8,13-16,18,32H2,1-2H3,(H3,33,34)(H,36,37,40)/t20-,21-,24+,26+,28?/m1/s1. The second-order valence-corrected chi connectivity index (χ2v) is 13.1. The van der Waals surface area contributed by atoms with Gasteiger partial charge in [0.2, 0.25) is 0 Å². The van der Waals surface area contributed by atoms with Crippen molar-refractivity contribution in [2.24, 2.45) is 17.4 Å². The molecule has 222 valence electrons. The van der Waals surface area contributed by atoms with Crippen LogP contribution in [-0.4, -0.2) is 55.5 Å². The second kappa shape index (κ2) is 13.5. The predicted molar refractivity (Wildman–Crippen MR) is 170 cm³/mol. The molecule has 1 aromatic carbocycles. The average Bonchev–Trinajstić information content (AvgIpc) is 3.56. The van der Waals surface area contributed by atoms with E-state index in [4.69, 9.17) is 16.9 Å². The Kier molecular flexibility index (Phi) is 9.85. The van der Waals surface area contributed by atoms with Gasteiger partial charge in [-0.3, -0.25) is 14.9 Å². The van der Waals surface area contributed by atoms with Crippen molar-refractivity contribution in [3.63, 3.8) is 0 Å². The number of H-pyrrole nitrogens is 1. The van der Waals surface area contributed by atoms with Crippen molar-refractivity contribution in [3.8, 4) is 5.69 Å². The van der Waals surface area contributed by atoms with Crippen LogP contribution in [0.1, 0.15) is 88.6 Å². The Morgan fingerprint density at radius 1 is 1.27 bits per heavy atom. The molecule has 10 heteroatoms. The Labute approximate surface area is 247 Å². The minimum atomic E-state index is -0.274. The first-order chi connectivity index (χ1) is 19.8. The van der Waals surface area contributed by atoms with E-state index in [2.05, 4.69) is 52.2 Å². The fourth-order valence-electron chi connectivity index (χ4n) is 6.55. The maximum atomic E-state index is 13.1. The van der Waals surface area contributed by atoms with Crippen LogP contribution in [0.2, 0.25) is 0 Å². The van der Waals surface area contributed by atoms with Crippen LogP contribution < -0.4 is 22.5 Å². The van der Waals surface area contributed by atoms with E-state index in [0.717, 1.165) is 74.1 Å². The molecule has 9 nitrogen and oxygen atoms in total. The number of hydrogen-bond acceptors (Lipinski definition) is 7. The first kappa shape index (κ1) is 29.8. The lowest BCUT2D eigenvalue weighted by molar-refractivity contribution is 0.243. The van der Waals surface area contributed by atoms with Crippen molar-refractivity contribution < 1.29 is 0 Å². The monoisotopic (exact) mass is 578 g/mol. The molecule has 0 spiro atoms. The van der Waals surface area contributed by atoms with Gasteiger partial charge in [-0.05, 0) is 81.7 Å². The Bertz CT molecular complexity index is 1370. The molecule has 4 heterocycles. The van der Waals surface area contributed by atoms with E-state index in [1.54, 1.807) is 4.57 Å². The number of piperidine rings is 1. The normalized spacial score (nSPS) is 24.2. The molecule has 7 N–H and O–H groups in total. The number of rotatable bonds is 11. The van der Waals surface area contributed by atoms with E-state index in [-0.39, 0.29) is 16.9 Å². The highest BCUT2D eigenvalue weighted by atomic mass is 32.2. The van der Waals surface area contributed by atoms with Crippen LogP contribution in [-0.2, 0) is 0 Å². The molecule has 0 aliphatic carbocycles. The molecular formula is C31H46N8OS. The maximum Gasteiger partial charge on any atom is 0.354 e. The van der Waals surface area contributed by atoms with Gasteiger partial charge in [-0.2, -0.15) is 4.98 Å². The molecule has 2 aliphatic heterocycles. The van der Waals surface area contributed by atoms with Crippen LogP contribution >= 0.6 is 11.8 Å². The first-order valence-corrected chi connectivity index (χ1v) is 16.2. The van der Waals surface area contributed by atoms with Crippen LogP contribution in [0, 0.1) is 11.3 Å². The molecule has 41 heavy (non-hydrogen) atoms. The van der Waals surface area contributed by atoms with Gasteiger partial charge in [-0.1, -0.05) is 43.7 Å². The number of hydrogen-bond donors (Lipinski definition) is 5. The lowest BCUT2D eigenvalue weighted by Gasteiger charge is -2.31. The minimum absolute atomic E-state index is 0.186. The van der Waals surface area contributed by atoms with Crippen LogP contribution in [0.25, 0.3) is 16.7 Å². The smallest absolute Gasteiger partial charge is 0.354 e. The quantitative estimate of drug-likeness (QED) is 0.162. The number of likely N-dealkylation sites (tertiary alicyclic amines) is 1. The zero-order valence-corrected chi connectivity index (χ0v) is 25.3. The summed E-state index contributed by atoms with van der Waals surface area (Å²) in [6, 6.07) is 11.8. The lowest BCUT2D eigenvalue weighted by atomic mass is 9.92. The topological polar surface area (TPSA) is 142 Å². The fraction of sp³-hybridized carbons (Fsp3) is 0.581. The number of amidine groups is 1. The lowest BCUT2D eigenvalue weighted by Crippen LogP contribution is -2.37. The molecule has 1 unspecified atom stereocenters. The van der Waals surface area contributed by atoms with Crippen molar-refractivity contribution in [2.75, 3.05) is 18.8 Å². The van der Waals surface area contributed by atoms with Crippen LogP contribution in [0.4, 0.5) is 0 Å². The van der Waals surface area contributed by atoms with Crippen LogP contribution in [0.5, 0.6) is 0 Å². The van der Waals surface area contributed by atoms with E-state index < -0.39 is 0 Å². The summed E-state index contributed by atoms with van der Waals surface area (Å²) in [6.07, 6.45) is 10.8. The van der Waals surface area contributed by atoms with E-state index in [9.17, 15) is 4.79 Å². The summed E-state index contributed by atoms with van der Waals surface area (Å²) in [6.45, 7) is 6.50. The second-order valence-electron chi connectivity index (χ2n) is 12.0. The number of nitrogens with zero attached hydrogens (tertiary/aromatic N) is 3. The highest BCUT2D eigenvalue weighted by Gasteiger charge is 2.33. The summed E-state index contributed by atoms with van der Waals surface area (Å²) < 4.78 is 1.66. The highest BCUT2D eigenvalue weighted by molar-refractivity contribution is 8.13. The number of aromatic amines is 1. The van der Waals surface area contributed by atoms with Crippen molar-refractivity contribution in [2.45, 2.75) is 89.4 Å². The molecule has 0 bridgehead atoms. The Morgan fingerprint density at radius 2 is 2.07 bits per heavy atom. The van der Waals surface area contributed by atoms with Crippen molar-refractivity contribution in [1.82, 2.24) is 24.8 Å². The Balaban J connectivity index is 1.30. The molecule has 2 fully saturated rings. The number of nitrogens with one attached hydrogen (secondary N) is 3. The minimum Gasteiger partial charge on any atom is -0.379 e. The molecule has 0 saturated carbocycles. The Morgan fingerprint density at radius 3 is 2.80 bits per heavy atom. The number of nitrogens with two attached hydrogens (primary N) is 2. The zero-order valence-electron chi connectivity index (χ0n) is 24.4. The van der Waals surface area contributed by atoms with Gasteiger partial charge in [-0.25, -0.2) is 4.79 Å². The third kappa shape index (κ3) is 7.41. The van der Waals surface area contributed by atoms with Crippen LogP contribution in [0.3, 0.4) is 0 Å². The zero-order chi connectivity index (χ0) is 28.9. The van der Waals surface area contributed by atoms with Gasteiger partial charge in [0.15, 0.2) is 5.17 Å². The Hall–Kier alpha value is -2.66. The molecular weight excluding hydrogens is 532 g/mol. The van der Waals surface area contributed by atoms with Gasteiger partial charge in [0.05, 0.1) is 11.7 Å². The molecule has 0 radical (unpaired) electrons. The summed E-state index contributed by atoms with van der Waals surface area (Å²) >= 11 is 1.41. The van der Waals surface area contributed by atoms with E-state index in [1.165, 1.54) is 30.2 Å². The fourth-order valence-corrected chi connectivity index (χ4v) is 7.17. The molecule has 2 aromatic heterocycles. The molecule has 0 amide bonds. The summed E-state index contributed by atoms with van der Waals surface area (Å²) in [5, 5.41) is 12.3. The maximum absolute atomic E-state index is 13.1. The summed E-state index contributed by atoms with van der Waals surface area (Å²) in [4.78, 5) is 23.6. The number of aromatic nitrogens is 3. The van der Waals surface area contributed by atoms with Gasteiger partial charge in [0.1, 0.15) is 5.65 Å². The molecule has 5 rings (SSSR count). The third-order valence-electron chi connectivity index (χ3n) is 8.84. The molecule has 2 aliphatic rings. The molecule has 2 saturated heterocycles. The van der Waals surface area contributed by atoms with Crippen molar-refractivity contribution in [1.29, 1.82) is 5.41 Å². The number of thioether (sulfide) groups is 1. The van der Waals surface area contributed by atoms with E-state index in [0.29, 0.717) is 29.7 Å². The molecule has 5 atom stereocenters. The van der Waals surface area contributed by atoms with Gasteiger partial charge in [0.25, 0.3) is 0 Å². The third-order valence-corrected chi connectivity index (χ3v) is 9.59. The number of fused-ring (bicyclic) bond motifs is 1. The predicted octanol–water partition coefficient (Wildman–Crippen LogP) is 4.81. The largest absolute Gasteiger partial charge is 0.379 e. The SMILES string of the molecule is CC[C@@H]1CC(c2cc3cn(-c4ccc([C@@H]5CCC[C@@H](CCSC(=N)N)N5)cc4)c(=O)nc3[nH]2)N(CCC[C@@H](C)N)C1. The average molecular weight is 579 g/mol. The van der Waals surface area contributed by atoms with Crippen LogP contribution in [0.15, 0.2) is 41.3 Å². The van der Waals surface area contributed by atoms with E-state index >= 15 is 0 Å². The highest BCUT2D eigenvalue weighted by Crippen LogP contribution is 2.37. The van der Waals surface area contributed by atoms with Gasteiger partial charge in [-0.15, -0.1) is 0 Å². The van der Waals surface area contributed by atoms with E-state index in [1.807, 2.05) is 18.3 Å².